The van der Waals surface area contributed by atoms with E-state index in [9.17, 15) is 9.18 Å². The standard InChI is InChI=1S/C15H21FN2O2/c1-3-18(14(19)15(17)8-9-20-10-15)11(2)12-4-6-13(16)7-5-12/h4-7,11H,3,8-10,17H2,1-2H3. The number of carbonyl (C=O) groups is 1. The van der Waals surface area contributed by atoms with Gasteiger partial charge in [0.15, 0.2) is 0 Å². The molecule has 1 aliphatic rings. The summed E-state index contributed by atoms with van der Waals surface area (Å²) in [5.41, 5.74) is 6.11. The summed E-state index contributed by atoms with van der Waals surface area (Å²) in [6.07, 6.45) is 0.540. The van der Waals surface area contributed by atoms with Crippen molar-refractivity contribution in [2.45, 2.75) is 31.8 Å². The van der Waals surface area contributed by atoms with E-state index < -0.39 is 5.54 Å². The summed E-state index contributed by atoms with van der Waals surface area (Å²) in [5, 5.41) is 0. The third-order valence-corrected chi connectivity index (χ3v) is 3.90. The average molecular weight is 280 g/mol. The van der Waals surface area contributed by atoms with Crippen LogP contribution >= 0.6 is 0 Å². The first-order valence-electron chi connectivity index (χ1n) is 6.91. The van der Waals surface area contributed by atoms with Gasteiger partial charge in [0.2, 0.25) is 5.91 Å². The quantitative estimate of drug-likeness (QED) is 0.915. The molecule has 2 unspecified atom stereocenters. The molecule has 20 heavy (non-hydrogen) atoms. The van der Waals surface area contributed by atoms with Gasteiger partial charge in [0.25, 0.3) is 0 Å². The molecule has 110 valence electrons. The highest BCUT2D eigenvalue weighted by molar-refractivity contribution is 5.87. The Morgan fingerprint density at radius 2 is 2.15 bits per heavy atom. The molecule has 1 fully saturated rings. The largest absolute Gasteiger partial charge is 0.379 e. The van der Waals surface area contributed by atoms with Crippen molar-refractivity contribution in [1.29, 1.82) is 0 Å². The minimum atomic E-state index is -0.926. The number of rotatable bonds is 4. The first-order chi connectivity index (χ1) is 9.48. The molecule has 1 aromatic rings. The summed E-state index contributed by atoms with van der Waals surface area (Å²) in [6.45, 7) is 5.17. The first-order valence-corrected chi connectivity index (χ1v) is 6.91. The number of hydrogen-bond acceptors (Lipinski definition) is 3. The van der Waals surface area contributed by atoms with Crippen molar-refractivity contribution >= 4 is 5.91 Å². The van der Waals surface area contributed by atoms with Gasteiger partial charge in [0.05, 0.1) is 12.6 Å². The molecule has 1 saturated heterocycles. The van der Waals surface area contributed by atoms with E-state index in [1.54, 1.807) is 17.0 Å². The lowest BCUT2D eigenvalue weighted by Crippen LogP contribution is -2.56. The summed E-state index contributed by atoms with van der Waals surface area (Å²) in [5.74, 6) is -0.385. The molecule has 0 saturated carbocycles. The second-order valence-corrected chi connectivity index (χ2v) is 5.28. The Kier molecular flexibility index (Phi) is 4.40. The van der Waals surface area contributed by atoms with Crippen LogP contribution in [0.1, 0.15) is 31.9 Å². The van der Waals surface area contributed by atoms with Gasteiger partial charge in [0, 0.05) is 13.2 Å². The van der Waals surface area contributed by atoms with E-state index in [2.05, 4.69) is 0 Å². The molecule has 0 radical (unpaired) electrons. The number of ether oxygens (including phenoxy) is 1. The molecule has 0 spiro atoms. The molecule has 0 aromatic heterocycles. The molecule has 1 aliphatic heterocycles. The molecule has 1 heterocycles. The normalized spacial score (nSPS) is 23.6. The van der Waals surface area contributed by atoms with Crippen LogP contribution in [0.5, 0.6) is 0 Å². The van der Waals surface area contributed by atoms with Gasteiger partial charge in [-0.15, -0.1) is 0 Å². The number of benzene rings is 1. The van der Waals surface area contributed by atoms with Crippen molar-refractivity contribution < 1.29 is 13.9 Å². The molecular weight excluding hydrogens is 259 g/mol. The molecule has 2 atom stereocenters. The summed E-state index contributed by atoms with van der Waals surface area (Å²) in [7, 11) is 0. The lowest BCUT2D eigenvalue weighted by Gasteiger charge is -2.34. The maximum Gasteiger partial charge on any atom is 0.245 e. The molecule has 0 bridgehead atoms. The zero-order valence-corrected chi connectivity index (χ0v) is 11.9. The van der Waals surface area contributed by atoms with Gasteiger partial charge >= 0.3 is 0 Å². The Morgan fingerprint density at radius 1 is 1.50 bits per heavy atom. The molecule has 1 amide bonds. The highest BCUT2D eigenvalue weighted by Gasteiger charge is 2.41. The highest BCUT2D eigenvalue weighted by atomic mass is 19.1. The first kappa shape index (κ1) is 14.9. The Morgan fingerprint density at radius 3 is 2.65 bits per heavy atom. The third kappa shape index (κ3) is 2.83. The lowest BCUT2D eigenvalue weighted by molar-refractivity contribution is -0.139. The highest BCUT2D eigenvalue weighted by Crippen LogP contribution is 2.26. The smallest absolute Gasteiger partial charge is 0.245 e. The summed E-state index contributed by atoms with van der Waals surface area (Å²) >= 11 is 0. The van der Waals surface area contributed by atoms with E-state index in [1.165, 1.54) is 12.1 Å². The fourth-order valence-electron chi connectivity index (χ4n) is 2.55. The van der Waals surface area contributed by atoms with Crippen molar-refractivity contribution in [3.63, 3.8) is 0 Å². The number of nitrogens with zero attached hydrogens (tertiary/aromatic N) is 1. The van der Waals surface area contributed by atoms with E-state index in [0.717, 1.165) is 5.56 Å². The SMILES string of the molecule is CCN(C(=O)C1(N)CCOC1)C(C)c1ccc(F)cc1. The van der Waals surface area contributed by atoms with Crippen molar-refractivity contribution in [1.82, 2.24) is 4.90 Å². The van der Waals surface area contributed by atoms with E-state index in [0.29, 0.717) is 19.6 Å². The predicted octanol–water partition coefficient (Wildman–Crippen LogP) is 1.85. The van der Waals surface area contributed by atoms with Crippen molar-refractivity contribution in [3.8, 4) is 0 Å². The second kappa shape index (κ2) is 5.89. The van der Waals surface area contributed by atoms with E-state index in [1.807, 2.05) is 13.8 Å². The van der Waals surface area contributed by atoms with Gasteiger partial charge in [-0.05, 0) is 38.0 Å². The summed E-state index contributed by atoms with van der Waals surface area (Å²) < 4.78 is 18.2. The van der Waals surface area contributed by atoms with Crippen LogP contribution < -0.4 is 5.73 Å². The number of likely N-dealkylation sites (N-methyl/N-ethyl adjacent to an activating group) is 1. The molecule has 4 nitrogen and oxygen atoms in total. The monoisotopic (exact) mass is 280 g/mol. The lowest BCUT2D eigenvalue weighted by atomic mass is 9.96. The van der Waals surface area contributed by atoms with Gasteiger partial charge < -0.3 is 15.4 Å². The Labute approximate surface area is 118 Å². The fourth-order valence-corrected chi connectivity index (χ4v) is 2.55. The minimum absolute atomic E-state index is 0.102. The van der Waals surface area contributed by atoms with Crippen LogP contribution in [-0.2, 0) is 9.53 Å². The van der Waals surface area contributed by atoms with Crippen molar-refractivity contribution in [2.75, 3.05) is 19.8 Å². The van der Waals surface area contributed by atoms with Gasteiger partial charge in [-0.3, -0.25) is 4.79 Å². The molecule has 0 aliphatic carbocycles. The van der Waals surface area contributed by atoms with Crippen molar-refractivity contribution in [3.05, 3.63) is 35.6 Å². The number of halogens is 1. The van der Waals surface area contributed by atoms with E-state index >= 15 is 0 Å². The molecule has 1 aromatic carbocycles. The Bertz CT molecular complexity index is 469. The van der Waals surface area contributed by atoms with E-state index in [-0.39, 0.29) is 24.4 Å². The number of amides is 1. The van der Waals surface area contributed by atoms with Crippen LogP contribution in [0.3, 0.4) is 0 Å². The Balaban J connectivity index is 2.18. The molecule has 5 heteroatoms. The van der Waals surface area contributed by atoms with Crippen LogP contribution in [0.15, 0.2) is 24.3 Å². The van der Waals surface area contributed by atoms with Crippen LogP contribution in [0.4, 0.5) is 4.39 Å². The Hall–Kier alpha value is -1.46. The van der Waals surface area contributed by atoms with Gasteiger partial charge in [-0.2, -0.15) is 0 Å². The second-order valence-electron chi connectivity index (χ2n) is 5.28. The van der Waals surface area contributed by atoms with Gasteiger partial charge in [0.1, 0.15) is 11.4 Å². The van der Waals surface area contributed by atoms with Gasteiger partial charge in [-0.1, -0.05) is 12.1 Å². The van der Waals surface area contributed by atoms with Crippen LogP contribution in [0.25, 0.3) is 0 Å². The summed E-state index contributed by atoms with van der Waals surface area (Å²) in [6, 6.07) is 6.06. The van der Waals surface area contributed by atoms with Crippen LogP contribution in [0, 0.1) is 5.82 Å². The molecule has 2 N–H and O–H groups in total. The zero-order valence-electron chi connectivity index (χ0n) is 11.9. The third-order valence-electron chi connectivity index (χ3n) is 3.90. The number of nitrogens with two attached hydrogens (primary N) is 1. The maximum absolute atomic E-state index is 13.0. The maximum atomic E-state index is 13.0. The molecular formula is C15H21FN2O2. The zero-order chi connectivity index (χ0) is 14.8. The molecule has 2 rings (SSSR count). The van der Waals surface area contributed by atoms with Crippen LogP contribution in [-0.4, -0.2) is 36.1 Å². The van der Waals surface area contributed by atoms with Gasteiger partial charge in [-0.25, -0.2) is 4.39 Å². The predicted molar refractivity (Wildman–Crippen MR) is 74.6 cm³/mol. The topological polar surface area (TPSA) is 55.6 Å². The fraction of sp³-hybridized carbons (Fsp3) is 0.533. The number of hydrogen-bond donors (Lipinski definition) is 1. The number of carbonyl (C=O) groups excluding carboxylic acids is 1. The minimum Gasteiger partial charge on any atom is -0.379 e. The van der Waals surface area contributed by atoms with E-state index in [4.69, 9.17) is 10.5 Å². The van der Waals surface area contributed by atoms with Crippen LogP contribution in [0.2, 0.25) is 0 Å². The average Bonchev–Trinajstić information content (AvgIpc) is 2.88. The summed E-state index contributed by atoms with van der Waals surface area (Å²) in [4.78, 5) is 14.4. The van der Waals surface area contributed by atoms with Crippen molar-refractivity contribution in [2.24, 2.45) is 5.73 Å².